The first-order valence-electron chi connectivity index (χ1n) is 7.28. The summed E-state index contributed by atoms with van der Waals surface area (Å²) in [5.74, 6) is 0.337. The number of likely N-dealkylation sites (N-methyl/N-ethyl adjacent to an activating group) is 1. The summed E-state index contributed by atoms with van der Waals surface area (Å²) < 4.78 is 0. The van der Waals surface area contributed by atoms with Crippen LogP contribution in [0, 0.1) is 6.92 Å². The van der Waals surface area contributed by atoms with E-state index in [1.54, 1.807) is 37.2 Å². The Labute approximate surface area is 129 Å². The van der Waals surface area contributed by atoms with Gasteiger partial charge in [0, 0.05) is 31.0 Å². The first kappa shape index (κ1) is 15.9. The number of hydrogen-bond donors (Lipinski definition) is 1. The molecule has 0 bridgehead atoms. The van der Waals surface area contributed by atoms with Crippen LogP contribution < -0.4 is 5.56 Å². The number of aromatic amines is 1. The van der Waals surface area contributed by atoms with Gasteiger partial charge in [-0.05, 0) is 25.5 Å². The zero-order valence-electron chi connectivity index (χ0n) is 13.1. The first-order valence-corrected chi connectivity index (χ1v) is 7.28. The second-order valence-electron chi connectivity index (χ2n) is 5.19. The van der Waals surface area contributed by atoms with E-state index < -0.39 is 0 Å². The molecule has 0 saturated heterocycles. The Balaban J connectivity index is 2.28. The summed E-state index contributed by atoms with van der Waals surface area (Å²) >= 11 is 0. The van der Waals surface area contributed by atoms with Crippen molar-refractivity contribution < 1.29 is 4.79 Å². The molecular weight excluding hydrogens is 280 g/mol. The molecule has 0 aliphatic heterocycles. The molecule has 0 aromatic carbocycles. The number of rotatable bonds is 5. The Morgan fingerprint density at radius 2 is 2.14 bits per heavy atom. The minimum atomic E-state index is -0.286. The van der Waals surface area contributed by atoms with Gasteiger partial charge in [-0.3, -0.25) is 14.6 Å². The highest BCUT2D eigenvalue weighted by atomic mass is 16.2. The largest absolute Gasteiger partial charge is 0.345 e. The van der Waals surface area contributed by atoms with Gasteiger partial charge in [0.05, 0.1) is 6.42 Å². The van der Waals surface area contributed by atoms with Crippen molar-refractivity contribution >= 4 is 5.91 Å². The maximum atomic E-state index is 12.3. The van der Waals surface area contributed by atoms with Crippen LogP contribution in [0.15, 0.2) is 29.2 Å². The van der Waals surface area contributed by atoms with E-state index in [2.05, 4.69) is 15.0 Å². The van der Waals surface area contributed by atoms with Gasteiger partial charge < -0.3 is 9.88 Å². The lowest BCUT2D eigenvalue weighted by atomic mass is 10.1. The molecule has 0 spiro atoms. The SMILES string of the molecule is CCCN(C)C(=O)Cc1c(C)nc(-c2ccccn2)[nH]c1=O. The zero-order chi connectivity index (χ0) is 16.1. The van der Waals surface area contributed by atoms with Gasteiger partial charge in [0.15, 0.2) is 5.82 Å². The van der Waals surface area contributed by atoms with E-state index in [4.69, 9.17) is 0 Å². The van der Waals surface area contributed by atoms with E-state index >= 15 is 0 Å². The fraction of sp³-hybridized carbons (Fsp3) is 0.375. The van der Waals surface area contributed by atoms with Gasteiger partial charge in [0.1, 0.15) is 5.69 Å². The van der Waals surface area contributed by atoms with Gasteiger partial charge in [-0.1, -0.05) is 13.0 Å². The van der Waals surface area contributed by atoms with Crippen molar-refractivity contribution in [1.82, 2.24) is 19.9 Å². The van der Waals surface area contributed by atoms with Gasteiger partial charge in [-0.25, -0.2) is 4.98 Å². The molecule has 1 N–H and O–H groups in total. The monoisotopic (exact) mass is 300 g/mol. The van der Waals surface area contributed by atoms with Gasteiger partial charge in [-0.2, -0.15) is 0 Å². The van der Waals surface area contributed by atoms with Crippen molar-refractivity contribution in [3.8, 4) is 11.5 Å². The molecule has 6 heteroatoms. The number of aryl methyl sites for hydroxylation is 1. The molecule has 6 nitrogen and oxygen atoms in total. The van der Waals surface area contributed by atoms with Gasteiger partial charge in [-0.15, -0.1) is 0 Å². The van der Waals surface area contributed by atoms with E-state index in [9.17, 15) is 9.59 Å². The molecule has 22 heavy (non-hydrogen) atoms. The summed E-state index contributed by atoms with van der Waals surface area (Å²) in [6.45, 7) is 4.42. The van der Waals surface area contributed by atoms with Crippen molar-refractivity contribution in [2.75, 3.05) is 13.6 Å². The number of carbonyl (C=O) groups is 1. The van der Waals surface area contributed by atoms with Gasteiger partial charge in [0.2, 0.25) is 5.91 Å². The fourth-order valence-electron chi connectivity index (χ4n) is 2.19. The normalized spacial score (nSPS) is 10.5. The molecule has 116 valence electrons. The molecule has 0 aliphatic rings. The number of carbonyl (C=O) groups excluding carboxylic acids is 1. The fourth-order valence-corrected chi connectivity index (χ4v) is 2.19. The molecule has 0 atom stereocenters. The maximum Gasteiger partial charge on any atom is 0.255 e. The molecule has 2 heterocycles. The number of hydrogen-bond acceptors (Lipinski definition) is 4. The second kappa shape index (κ2) is 6.98. The number of amides is 1. The second-order valence-corrected chi connectivity index (χ2v) is 5.19. The third-order valence-corrected chi connectivity index (χ3v) is 3.44. The van der Waals surface area contributed by atoms with Crippen molar-refractivity contribution in [2.24, 2.45) is 0 Å². The van der Waals surface area contributed by atoms with Crippen LogP contribution in [0.5, 0.6) is 0 Å². The summed E-state index contributed by atoms with van der Waals surface area (Å²) in [7, 11) is 1.74. The predicted octanol–water partition coefficient (Wildman–Crippen LogP) is 1.55. The van der Waals surface area contributed by atoms with E-state index in [-0.39, 0.29) is 17.9 Å². The third-order valence-electron chi connectivity index (χ3n) is 3.44. The standard InChI is InChI=1S/C16H20N4O2/c1-4-9-20(3)14(21)10-12-11(2)18-15(19-16(12)22)13-7-5-6-8-17-13/h5-8H,4,9-10H2,1-3H3,(H,18,19,22). The molecule has 2 aromatic heterocycles. The molecule has 0 radical (unpaired) electrons. The minimum Gasteiger partial charge on any atom is -0.345 e. The summed E-state index contributed by atoms with van der Waals surface area (Å²) in [6, 6.07) is 5.40. The number of H-pyrrole nitrogens is 1. The Morgan fingerprint density at radius 3 is 2.73 bits per heavy atom. The van der Waals surface area contributed by atoms with E-state index in [0.717, 1.165) is 6.42 Å². The number of nitrogens with one attached hydrogen (secondary N) is 1. The Morgan fingerprint density at radius 1 is 1.36 bits per heavy atom. The van der Waals surface area contributed by atoms with Crippen molar-refractivity contribution in [3.63, 3.8) is 0 Å². The molecular formula is C16H20N4O2. The van der Waals surface area contributed by atoms with E-state index in [0.29, 0.717) is 29.3 Å². The number of nitrogens with zero attached hydrogens (tertiary/aromatic N) is 3. The van der Waals surface area contributed by atoms with Crippen LogP contribution in [0.4, 0.5) is 0 Å². The lowest BCUT2D eigenvalue weighted by Crippen LogP contribution is -2.31. The predicted molar refractivity (Wildman–Crippen MR) is 84.5 cm³/mol. The van der Waals surface area contributed by atoms with Gasteiger partial charge in [0.25, 0.3) is 5.56 Å². The van der Waals surface area contributed by atoms with Gasteiger partial charge >= 0.3 is 0 Å². The highest BCUT2D eigenvalue weighted by Crippen LogP contribution is 2.11. The van der Waals surface area contributed by atoms with Crippen molar-refractivity contribution in [3.05, 3.63) is 46.0 Å². The minimum absolute atomic E-state index is 0.0627. The van der Waals surface area contributed by atoms with Crippen LogP contribution >= 0.6 is 0 Å². The Hall–Kier alpha value is -2.50. The van der Waals surface area contributed by atoms with E-state index in [1.165, 1.54) is 0 Å². The third kappa shape index (κ3) is 3.58. The molecule has 0 fully saturated rings. The van der Waals surface area contributed by atoms with Crippen LogP contribution in [-0.2, 0) is 11.2 Å². The summed E-state index contributed by atoms with van der Waals surface area (Å²) in [5, 5.41) is 0. The average Bonchev–Trinajstić information content (AvgIpc) is 2.51. The summed E-state index contributed by atoms with van der Waals surface area (Å²) in [5.41, 5.74) is 1.28. The first-order chi connectivity index (χ1) is 10.5. The van der Waals surface area contributed by atoms with Crippen LogP contribution in [0.25, 0.3) is 11.5 Å². The molecule has 2 rings (SSSR count). The molecule has 0 aliphatic carbocycles. The maximum absolute atomic E-state index is 12.3. The van der Waals surface area contributed by atoms with Crippen LogP contribution in [0.2, 0.25) is 0 Å². The smallest absolute Gasteiger partial charge is 0.255 e. The number of pyridine rings is 1. The number of aromatic nitrogens is 3. The van der Waals surface area contributed by atoms with Crippen LogP contribution in [0.3, 0.4) is 0 Å². The molecule has 0 saturated carbocycles. The topological polar surface area (TPSA) is 79.0 Å². The summed E-state index contributed by atoms with van der Waals surface area (Å²) in [6.07, 6.45) is 2.59. The lowest BCUT2D eigenvalue weighted by molar-refractivity contribution is -0.129. The Bertz CT molecular complexity index is 710. The average molecular weight is 300 g/mol. The van der Waals surface area contributed by atoms with Crippen LogP contribution in [-0.4, -0.2) is 39.4 Å². The quantitative estimate of drug-likeness (QED) is 0.908. The summed E-state index contributed by atoms with van der Waals surface area (Å²) in [4.78, 5) is 37.2. The van der Waals surface area contributed by atoms with E-state index in [1.807, 2.05) is 13.0 Å². The Kier molecular flexibility index (Phi) is 5.04. The van der Waals surface area contributed by atoms with Crippen molar-refractivity contribution in [2.45, 2.75) is 26.7 Å². The molecule has 0 unspecified atom stereocenters. The van der Waals surface area contributed by atoms with Crippen molar-refractivity contribution in [1.29, 1.82) is 0 Å². The molecule has 2 aromatic rings. The highest BCUT2D eigenvalue weighted by molar-refractivity contribution is 5.78. The zero-order valence-corrected chi connectivity index (χ0v) is 13.1. The highest BCUT2D eigenvalue weighted by Gasteiger charge is 2.16. The lowest BCUT2D eigenvalue weighted by Gasteiger charge is -2.16. The van der Waals surface area contributed by atoms with Crippen LogP contribution in [0.1, 0.15) is 24.6 Å². The molecule has 1 amide bonds.